The largest absolute Gasteiger partial charge is 0.504 e. The number of aromatic hydroxyl groups is 1. The average Bonchev–Trinajstić information content (AvgIpc) is 3.04. The Morgan fingerprint density at radius 3 is 2.92 bits per heavy atom. The third-order valence-corrected chi connectivity index (χ3v) is 7.05. The van der Waals surface area contributed by atoms with Crippen LogP contribution in [0.15, 0.2) is 12.1 Å². The van der Waals surface area contributed by atoms with Crippen molar-refractivity contribution < 1.29 is 24.5 Å². The summed E-state index contributed by atoms with van der Waals surface area (Å²) in [6.07, 6.45) is 1.84. The number of nitrogens with zero attached hydrogens (tertiary/aromatic N) is 1. The number of aliphatic hydroxyl groups is 1. The van der Waals surface area contributed by atoms with Gasteiger partial charge in [-0.25, -0.2) is 0 Å². The highest BCUT2D eigenvalue weighted by molar-refractivity contribution is 5.91. The van der Waals surface area contributed by atoms with Crippen molar-refractivity contribution in [3.63, 3.8) is 0 Å². The zero-order valence-corrected chi connectivity index (χ0v) is 13.8. The van der Waals surface area contributed by atoms with Gasteiger partial charge in [0.15, 0.2) is 17.3 Å². The average molecular weight is 331 g/mol. The number of fused-ring (bicyclic) bond motifs is 3. The molecule has 4 aliphatic rings. The summed E-state index contributed by atoms with van der Waals surface area (Å²) in [6.45, 7) is 0.752. The second-order valence-corrected chi connectivity index (χ2v) is 7.57. The zero-order chi connectivity index (χ0) is 16.9. The van der Waals surface area contributed by atoms with Crippen LogP contribution >= 0.6 is 0 Å². The first-order valence-corrected chi connectivity index (χ1v) is 8.46. The fraction of sp³-hybridized carbons (Fsp3) is 0.611. The van der Waals surface area contributed by atoms with Crippen molar-refractivity contribution in [3.8, 4) is 11.5 Å². The Kier molecular flexibility index (Phi) is 2.52. The second kappa shape index (κ2) is 4.12. The quantitative estimate of drug-likeness (QED) is 0.806. The van der Waals surface area contributed by atoms with Crippen LogP contribution in [0.5, 0.6) is 11.5 Å². The van der Waals surface area contributed by atoms with E-state index >= 15 is 0 Å². The molecule has 24 heavy (non-hydrogen) atoms. The van der Waals surface area contributed by atoms with Crippen molar-refractivity contribution in [1.29, 1.82) is 0 Å². The monoisotopic (exact) mass is 331 g/mol. The Bertz CT molecular complexity index is 779. The summed E-state index contributed by atoms with van der Waals surface area (Å²) in [5, 5.41) is 22.3. The molecule has 2 heterocycles. The smallest absolute Gasteiger partial charge is 0.247 e. The predicted octanol–water partition coefficient (Wildman–Crippen LogP) is 1.24. The van der Waals surface area contributed by atoms with E-state index in [9.17, 15) is 15.0 Å². The van der Waals surface area contributed by atoms with Crippen molar-refractivity contribution in [2.45, 2.75) is 48.5 Å². The van der Waals surface area contributed by atoms with Gasteiger partial charge in [0.1, 0.15) is 0 Å². The Balaban J connectivity index is 1.89. The Labute approximate surface area is 140 Å². The predicted molar refractivity (Wildman–Crippen MR) is 83.9 cm³/mol. The molecule has 2 aliphatic carbocycles. The number of likely N-dealkylation sites (N-methyl/N-ethyl adjacent to an activating group) is 1. The molecule has 4 unspecified atom stereocenters. The van der Waals surface area contributed by atoms with Gasteiger partial charge in [-0.05, 0) is 38.1 Å². The topological polar surface area (TPSA) is 79.2 Å². The molecular formula is C18H21NO5. The second-order valence-electron chi connectivity index (χ2n) is 7.57. The van der Waals surface area contributed by atoms with Crippen molar-refractivity contribution in [1.82, 2.24) is 4.90 Å². The molecule has 0 aromatic heterocycles. The molecule has 2 bridgehead atoms. The molecule has 0 amide bonds. The van der Waals surface area contributed by atoms with Crippen LogP contribution in [-0.4, -0.2) is 52.9 Å². The number of methoxy groups -OCH3 is 1. The van der Waals surface area contributed by atoms with Gasteiger partial charge in [0.05, 0.1) is 18.8 Å². The molecule has 3 fully saturated rings. The molecule has 2 saturated heterocycles. The minimum atomic E-state index is -1.81. The van der Waals surface area contributed by atoms with Crippen LogP contribution in [0.25, 0.3) is 0 Å². The normalized spacial score (nSPS) is 42.8. The zero-order valence-electron chi connectivity index (χ0n) is 13.8. The summed E-state index contributed by atoms with van der Waals surface area (Å²) in [5.74, 6) is -1.50. The lowest BCUT2D eigenvalue weighted by atomic mass is 9.51. The van der Waals surface area contributed by atoms with E-state index in [0.29, 0.717) is 18.6 Å². The molecule has 6 nitrogen and oxygen atoms in total. The first-order chi connectivity index (χ1) is 11.4. The Morgan fingerprint density at radius 1 is 1.38 bits per heavy atom. The molecule has 0 radical (unpaired) electrons. The summed E-state index contributed by atoms with van der Waals surface area (Å²) < 4.78 is 11.3. The van der Waals surface area contributed by atoms with Crippen LogP contribution in [0.2, 0.25) is 0 Å². The number of hydrogen-bond donors (Lipinski definition) is 2. The van der Waals surface area contributed by atoms with Crippen LogP contribution in [0.4, 0.5) is 0 Å². The van der Waals surface area contributed by atoms with E-state index in [1.54, 1.807) is 6.07 Å². The van der Waals surface area contributed by atoms with Gasteiger partial charge < -0.3 is 19.7 Å². The Morgan fingerprint density at radius 2 is 2.17 bits per heavy atom. The lowest BCUT2D eigenvalue weighted by Crippen LogP contribution is -2.72. The SMILES string of the molecule is COc1ccc2c(c1O)C13CCC(=O)C4(O)OC2CC41N(C)CC3. The molecule has 128 valence electrons. The van der Waals surface area contributed by atoms with Gasteiger partial charge in [-0.1, -0.05) is 6.07 Å². The highest BCUT2D eigenvalue weighted by Gasteiger charge is 2.80. The number of carbonyl (C=O) groups is 1. The molecule has 2 N–H and O–H groups in total. The molecule has 6 heteroatoms. The van der Waals surface area contributed by atoms with E-state index in [2.05, 4.69) is 4.90 Å². The van der Waals surface area contributed by atoms with Gasteiger partial charge >= 0.3 is 0 Å². The number of phenolic OH excluding ortho intramolecular Hbond substituents is 1. The van der Waals surface area contributed by atoms with Gasteiger partial charge in [-0.3, -0.25) is 9.69 Å². The standard InChI is InChI=1S/C18H21NO5/c1-19-8-7-16-6-5-13(20)18(22)17(16,19)9-12(24-18)10-3-4-11(23-2)15(21)14(10)16/h3-4,12,21-22H,5-9H2,1-2H3. The minimum Gasteiger partial charge on any atom is -0.504 e. The number of Topliss-reactive ketones (excluding diaryl/α,β-unsaturated/α-hetero) is 1. The summed E-state index contributed by atoms with van der Waals surface area (Å²) in [6, 6.07) is 3.64. The number of ether oxygens (including phenoxy) is 2. The first-order valence-electron chi connectivity index (χ1n) is 8.46. The van der Waals surface area contributed by atoms with Gasteiger partial charge in [0, 0.05) is 23.8 Å². The maximum Gasteiger partial charge on any atom is 0.247 e. The van der Waals surface area contributed by atoms with E-state index in [0.717, 1.165) is 24.1 Å². The van der Waals surface area contributed by atoms with Gasteiger partial charge in [0.25, 0.3) is 0 Å². The van der Waals surface area contributed by atoms with Gasteiger partial charge in [-0.2, -0.15) is 0 Å². The molecule has 1 spiro atoms. The number of phenols is 1. The van der Waals surface area contributed by atoms with Crippen molar-refractivity contribution in [2.24, 2.45) is 0 Å². The molecule has 1 aromatic rings. The maximum absolute atomic E-state index is 12.7. The molecule has 5 rings (SSSR count). The van der Waals surface area contributed by atoms with E-state index in [4.69, 9.17) is 9.47 Å². The van der Waals surface area contributed by atoms with E-state index in [-0.39, 0.29) is 18.0 Å². The number of carbonyl (C=O) groups excluding carboxylic acids is 1. The van der Waals surface area contributed by atoms with Crippen molar-refractivity contribution >= 4 is 5.78 Å². The number of rotatable bonds is 1. The number of ketones is 1. The summed E-state index contributed by atoms with van der Waals surface area (Å²) in [7, 11) is 3.48. The molecule has 1 aromatic carbocycles. The van der Waals surface area contributed by atoms with Crippen LogP contribution in [0.3, 0.4) is 0 Å². The third kappa shape index (κ3) is 1.21. The number of likely N-dealkylation sites (tertiary alicyclic amines) is 1. The molecule has 1 saturated carbocycles. The molecule has 2 aliphatic heterocycles. The first kappa shape index (κ1) is 14.7. The molecular weight excluding hydrogens is 310 g/mol. The fourth-order valence-corrected chi connectivity index (χ4v) is 6.09. The Hall–Kier alpha value is -1.63. The van der Waals surface area contributed by atoms with E-state index in [1.165, 1.54) is 7.11 Å². The van der Waals surface area contributed by atoms with Crippen LogP contribution < -0.4 is 4.74 Å². The maximum atomic E-state index is 12.7. The van der Waals surface area contributed by atoms with E-state index < -0.39 is 22.8 Å². The number of hydrogen-bond acceptors (Lipinski definition) is 6. The number of benzene rings is 1. The fourth-order valence-electron chi connectivity index (χ4n) is 6.09. The van der Waals surface area contributed by atoms with Crippen LogP contribution in [0, 0.1) is 0 Å². The van der Waals surface area contributed by atoms with Gasteiger partial charge in [-0.15, -0.1) is 0 Å². The van der Waals surface area contributed by atoms with Crippen LogP contribution in [0.1, 0.15) is 42.9 Å². The minimum absolute atomic E-state index is 0.126. The molecule has 4 atom stereocenters. The van der Waals surface area contributed by atoms with Crippen molar-refractivity contribution in [2.75, 3.05) is 20.7 Å². The lowest BCUT2D eigenvalue weighted by Gasteiger charge is -2.56. The summed E-state index contributed by atoms with van der Waals surface area (Å²) >= 11 is 0. The van der Waals surface area contributed by atoms with E-state index in [1.807, 2.05) is 13.1 Å². The third-order valence-electron chi connectivity index (χ3n) is 7.05. The van der Waals surface area contributed by atoms with Gasteiger partial charge in [0.2, 0.25) is 5.79 Å². The summed E-state index contributed by atoms with van der Waals surface area (Å²) in [5.41, 5.74) is 0.387. The van der Waals surface area contributed by atoms with Crippen molar-refractivity contribution in [3.05, 3.63) is 23.3 Å². The summed E-state index contributed by atoms with van der Waals surface area (Å²) in [4.78, 5) is 14.7. The lowest BCUT2D eigenvalue weighted by molar-refractivity contribution is -0.242. The van der Waals surface area contributed by atoms with Crippen LogP contribution in [-0.2, 0) is 14.9 Å². The highest BCUT2D eigenvalue weighted by Crippen LogP contribution is 2.71. The highest BCUT2D eigenvalue weighted by atomic mass is 16.6.